The highest BCUT2D eigenvalue weighted by molar-refractivity contribution is 8.00. The molecule has 0 spiro atoms. The number of benzene rings is 2. The highest BCUT2D eigenvalue weighted by Gasteiger charge is 2.34. The summed E-state index contributed by atoms with van der Waals surface area (Å²) in [5, 5.41) is 0.0280. The minimum atomic E-state index is 0.0280. The number of aryl methyl sites for hydroxylation is 2. The molecule has 1 atom stereocenters. The Morgan fingerprint density at radius 3 is 2.48 bits per heavy atom. The van der Waals surface area contributed by atoms with Gasteiger partial charge in [0, 0.05) is 11.4 Å². The topological polar surface area (TPSA) is 46.3 Å². The van der Waals surface area contributed by atoms with Gasteiger partial charge >= 0.3 is 0 Å². The van der Waals surface area contributed by atoms with Crippen molar-refractivity contribution in [3.8, 4) is 0 Å². The lowest BCUT2D eigenvalue weighted by Gasteiger charge is -2.25. The Kier molecular flexibility index (Phi) is 3.64. The molecule has 2 aromatic rings. The third kappa shape index (κ3) is 2.63. The van der Waals surface area contributed by atoms with E-state index in [-0.39, 0.29) is 11.3 Å². The molecule has 0 bridgehead atoms. The van der Waals surface area contributed by atoms with Crippen LogP contribution in [0.3, 0.4) is 0 Å². The largest absolute Gasteiger partial charge is 0.399 e. The minimum Gasteiger partial charge on any atom is -0.399 e. The standard InChI is InChI=1S/C17H18N2OS/c1-11-3-8-15(9-12(11)2)19-16(20)10-21-17(19)13-4-6-14(18)7-5-13/h3-9,17H,10,18H2,1-2H3/t17-/m1/s1. The van der Waals surface area contributed by atoms with E-state index in [0.717, 1.165) is 16.9 Å². The van der Waals surface area contributed by atoms with Crippen molar-refractivity contribution in [3.63, 3.8) is 0 Å². The maximum atomic E-state index is 12.3. The van der Waals surface area contributed by atoms with Crippen molar-refractivity contribution in [3.05, 3.63) is 59.2 Å². The van der Waals surface area contributed by atoms with E-state index in [0.29, 0.717) is 5.75 Å². The molecule has 1 saturated heterocycles. The van der Waals surface area contributed by atoms with Crippen LogP contribution in [-0.4, -0.2) is 11.7 Å². The molecule has 0 aliphatic carbocycles. The molecule has 1 aliphatic heterocycles. The van der Waals surface area contributed by atoms with Crippen molar-refractivity contribution in [1.82, 2.24) is 0 Å². The first kappa shape index (κ1) is 14.0. The number of anilines is 2. The van der Waals surface area contributed by atoms with Gasteiger partial charge in [0.1, 0.15) is 5.37 Å². The van der Waals surface area contributed by atoms with Gasteiger partial charge in [-0.15, -0.1) is 11.8 Å². The summed E-state index contributed by atoms with van der Waals surface area (Å²) in [6.07, 6.45) is 0. The van der Waals surface area contributed by atoms with Gasteiger partial charge in [0.15, 0.2) is 0 Å². The smallest absolute Gasteiger partial charge is 0.238 e. The Morgan fingerprint density at radius 2 is 1.81 bits per heavy atom. The minimum absolute atomic E-state index is 0.0280. The summed E-state index contributed by atoms with van der Waals surface area (Å²) >= 11 is 1.66. The second kappa shape index (κ2) is 5.45. The maximum absolute atomic E-state index is 12.3. The molecule has 2 N–H and O–H groups in total. The summed E-state index contributed by atoms with van der Waals surface area (Å²) in [4.78, 5) is 14.2. The molecule has 1 fully saturated rings. The Hall–Kier alpha value is -1.94. The van der Waals surface area contributed by atoms with Crippen molar-refractivity contribution in [2.75, 3.05) is 16.4 Å². The molecule has 108 valence electrons. The van der Waals surface area contributed by atoms with E-state index in [2.05, 4.69) is 26.0 Å². The van der Waals surface area contributed by atoms with E-state index in [1.807, 2.05) is 35.2 Å². The van der Waals surface area contributed by atoms with Crippen molar-refractivity contribution in [1.29, 1.82) is 0 Å². The number of hydrogen-bond acceptors (Lipinski definition) is 3. The van der Waals surface area contributed by atoms with E-state index in [9.17, 15) is 4.79 Å². The lowest BCUT2D eigenvalue weighted by molar-refractivity contribution is -0.115. The third-order valence-electron chi connectivity index (χ3n) is 3.86. The van der Waals surface area contributed by atoms with Crippen LogP contribution in [0, 0.1) is 13.8 Å². The molecule has 1 heterocycles. The van der Waals surface area contributed by atoms with E-state index < -0.39 is 0 Å². The second-order valence-corrected chi connectivity index (χ2v) is 6.43. The zero-order chi connectivity index (χ0) is 15.0. The molecule has 0 unspecified atom stereocenters. The number of rotatable bonds is 2. The van der Waals surface area contributed by atoms with Gasteiger partial charge in [-0.05, 0) is 54.8 Å². The number of amides is 1. The van der Waals surface area contributed by atoms with Crippen LogP contribution in [0.5, 0.6) is 0 Å². The summed E-state index contributed by atoms with van der Waals surface area (Å²) in [5.41, 5.74) is 11.0. The molecule has 2 aromatic carbocycles. The van der Waals surface area contributed by atoms with Crippen molar-refractivity contribution in [2.45, 2.75) is 19.2 Å². The number of hydrogen-bond donors (Lipinski definition) is 1. The zero-order valence-corrected chi connectivity index (χ0v) is 13.0. The molecule has 3 nitrogen and oxygen atoms in total. The van der Waals surface area contributed by atoms with Crippen molar-refractivity contribution in [2.24, 2.45) is 0 Å². The quantitative estimate of drug-likeness (QED) is 0.861. The monoisotopic (exact) mass is 298 g/mol. The molecule has 0 aromatic heterocycles. The molecule has 1 amide bonds. The van der Waals surface area contributed by atoms with Crippen LogP contribution in [0.25, 0.3) is 0 Å². The lowest BCUT2D eigenvalue weighted by atomic mass is 10.1. The summed E-state index contributed by atoms with van der Waals surface area (Å²) in [5.74, 6) is 0.673. The summed E-state index contributed by atoms with van der Waals surface area (Å²) < 4.78 is 0. The van der Waals surface area contributed by atoms with Crippen LogP contribution in [0.2, 0.25) is 0 Å². The fourth-order valence-electron chi connectivity index (χ4n) is 2.49. The summed E-state index contributed by atoms with van der Waals surface area (Å²) in [6.45, 7) is 4.15. The van der Waals surface area contributed by atoms with Gasteiger partial charge in [0.05, 0.1) is 5.75 Å². The average Bonchev–Trinajstić information content (AvgIpc) is 2.85. The molecule has 0 saturated carbocycles. The van der Waals surface area contributed by atoms with Crippen LogP contribution in [0.1, 0.15) is 22.1 Å². The highest BCUT2D eigenvalue weighted by atomic mass is 32.2. The van der Waals surface area contributed by atoms with E-state index >= 15 is 0 Å². The number of thioether (sulfide) groups is 1. The highest BCUT2D eigenvalue weighted by Crippen LogP contribution is 2.42. The molecule has 4 heteroatoms. The fourth-order valence-corrected chi connectivity index (χ4v) is 3.66. The molecular formula is C17H18N2OS. The molecule has 3 rings (SSSR count). The second-order valence-electron chi connectivity index (χ2n) is 5.36. The Morgan fingerprint density at radius 1 is 1.10 bits per heavy atom. The van der Waals surface area contributed by atoms with Gasteiger partial charge in [-0.1, -0.05) is 18.2 Å². The fraction of sp³-hybridized carbons (Fsp3) is 0.235. The van der Waals surface area contributed by atoms with Gasteiger partial charge in [-0.25, -0.2) is 0 Å². The molecule has 1 aliphatic rings. The van der Waals surface area contributed by atoms with E-state index in [1.165, 1.54) is 11.1 Å². The van der Waals surface area contributed by atoms with E-state index in [4.69, 9.17) is 5.73 Å². The predicted molar refractivity (Wildman–Crippen MR) is 89.5 cm³/mol. The Labute approximate surface area is 129 Å². The summed E-state index contributed by atoms with van der Waals surface area (Å²) in [6, 6.07) is 14.0. The van der Waals surface area contributed by atoms with Crippen LogP contribution in [0.15, 0.2) is 42.5 Å². The predicted octanol–water partition coefficient (Wildman–Crippen LogP) is 3.66. The first-order valence-electron chi connectivity index (χ1n) is 6.92. The maximum Gasteiger partial charge on any atom is 0.238 e. The van der Waals surface area contributed by atoms with Crippen molar-refractivity contribution >= 4 is 29.0 Å². The van der Waals surface area contributed by atoms with Crippen LogP contribution < -0.4 is 10.6 Å². The third-order valence-corrected chi connectivity index (χ3v) is 5.07. The SMILES string of the molecule is Cc1ccc(N2C(=O)CS[C@@H]2c2ccc(N)cc2)cc1C. The lowest BCUT2D eigenvalue weighted by Crippen LogP contribution is -2.27. The Bertz CT molecular complexity index is 682. The number of nitrogen functional groups attached to an aromatic ring is 1. The Balaban J connectivity index is 1.99. The van der Waals surface area contributed by atoms with Crippen LogP contribution >= 0.6 is 11.8 Å². The van der Waals surface area contributed by atoms with Gasteiger partial charge in [0.2, 0.25) is 5.91 Å². The zero-order valence-electron chi connectivity index (χ0n) is 12.2. The number of nitrogens with zero attached hydrogens (tertiary/aromatic N) is 1. The van der Waals surface area contributed by atoms with Crippen LogP contribution in [-0.2, 0) is 4.79 Å². The first-order valence-corrected chi connectivity index (χ1v) is 7.97. The van der Waals surface area contributed by atoms with Gasteiger partial charge in [-0.3, -0.25) is 9.69 Å². The van der Waals surface area contributed by atoms with Crippen molar-refractivity contribution < 1.29 is 4.79 Å². The van der Waals surface area contributed by atoms with Crippen LogP contribution in [0.4, 0.5) is 11.4 Å². The molecule has 21 heavy (non-hydrogen) atoms. The average molecular weight is 298 g/mol. The van der Waals surface area contributed by atoms with Gasteiger partial charge < -0.3 is 5.73 Å². The number of carbonyl (C=O) groups excluding carboxylic acids is 1. The summed E-state index contributed by atoms with van der Waals surface area (Å²) in [7, 11) is 0. The molecular weight excluding hydrogens is 280 g/mol. The first-order chi connectivity index (χ1) is 10.1. The van der Waals surface area contributed by atoms with Gasteiger partial charge in [0.25, 0.3) is 0 Å². The number of nitrogens with two attached hydrogens (primary N) is 1. The normalized spacial score (nSPS) is 18.3. The number of carbonyl (C=O) groups is 1. The van der Waals surface area contributed by atoms with E-state index in [1.54, 1.807) is 11.8 Å². The molecule has 0 radical (unpaired) electrons. The van der Waals surface area contributed by atoms with Gasteiger partial charge in [-0.2, -0.15) is 0 Å².